The Hall–Kier alpha value is -1.97. The fourth-order valence-corrected chi connectivity index (χ4v) is 3.59. The zero-order valence-corrected chi connectivity index (χ0v) is 15.3. The van der Waals surface area contributed by atoms with Crippen LogP contribution in [-0.4, -0.2) is 25.9 Å². The molecule has 0 aliphatic carbocycles. The number of benzene rings is 1. The number of nitrogens with two attached hydrogens (primary N) is 1. The number of hydrogen-bond acceptors (Lipinski definition) is 5. The Morgan fingerprint density at radius 1 is 1.33 bits per heavy atom. The summed E-state index contributed by atoms with van der Waals surface area (Å²) in [5.41, 5.74) is 7.28. The third-order valence-corrected chi connectivity index (χ3v) is 5.01. The molecule has 128 valence electrons. The van der Waals surface area contributed by atoms with Crippen LogP contribution in [0.4, 0.5) is 11.5 Å². The Balaban J connectivity index is 1.93. The monoisotopic (exact) mass is 412 g/mol. The van der Waals surface area contributed by atoms with Crippen molar-refractivity contribution in [2.45, 2.75) is 18.2 Å². The Morgan fingerprint density at radius 3 is 2.79 bits per heavy atom. The molecule has 24 heavy (non-hydrogen) atoms. The number of anilines is 2. The van der Waals surface area contributed by atoms with Crippen LogP contribution in [0.15, 0.2) is 45.9 Å². The molecule has 0 radical (unpaired) electrons. The number of nitrogens with zero attached hydrogens (tertiary/aromatic N) is 1. The van der Waals surface area contributed by atoms with Crippen molar-refractivity contribution in [3.8, 4) is 0 Å². The summed E-state index contributed by atoms with van der Waals surface area (Å²) in [6.45, 7) is 1.87. The van der Waals surface area contributed by atoms with Crippen molar-refractivity contribution in [1.82, 2.24) is 9.71 Å². The molecule has 9 heteroatoms. The van der Waals surface area contributed by atoms with Gasteiger partial charge >= 0.3 is 0 Å². The van der Waals surface area contributed by atoms with Crippen molar-refractivity contribution < 1.29 is 13.2 Å². The number of amides is 1. The van der Waals surface area contributed by atoms with E-state index in [9.17, 15) is 13.2 Å². The van der Waals surface area contributed by atoms with Gasteiger partial charge in [-0.3, -0.25) is 4.79 Å². The van der Waals surface area contributed by atoms with E-state index in [-0.39, 0.29) is 29.6 Å². The van der Waals surface area contributed by atoms with E-state index in [1.165, 1.54) is 12.3 Å². The van der Waals surface area contributed by atoms with Crippen LogP contribution in [-0.2, 0) is 14.8 Å². The van der Waals surface area contributed by atoms with Gasteiger partial charge in [-0.1, -0.05) is 12.1 Å². The van der Waals surface area contributed by atoms with Gasteiger partial charge in [0, 0.05) is 29.3 Å². The average Bonchev–Trinajstić information content (AvgIpc) is 2.49. The minimum Gasteiger partial charge on any atom is -0.383 e. The number of pyridine rings is 1. The highest BCUT2D eigenvalue weighted by Crippen LogP contribution is 2.20. The molecule has 0 saturated carbocycles. The molecule has 0 aliphatic heterocycles. The SMILES string of the molecule is Cc1cccc(NC(=O)CCNS(=O)(=O)c2cc(Br)cnc2N)c1. The molecule has 0 spiro atoms. The van der Waals surface area contributed by atoms with Crippen LogP contribution in [0.2, 0.25) is 0 Å². The Kier molecular flexibility index (Phi) is 5.92. The van der Waals surface area contributed by atoms with Crippen LogP contribution < -0.4 is 15.8 Å². The molecule has 0 bridgehead atoms. The highest BCUT2D eigenvalue weighted by atomic mass is 79.9. The molecule has 4 N–H and O–H groups in total. The number of sulfonamides is 1. The number of hydrogen-bond donors (Lipinski definition) is 3. The second kappa shape index (κ2) is 7.73. The first kappa shape index (κ1) is 18.4. The first-order valence-corrected chi connectivity index (χ1v) is 9.33. The highest BCUT2D eigenvalue weighted by molar-refractivity contribution is 9.10. The lowest BCUT2D eigenvalue weighted by atomic mass is 10.2. The molecule has 1 aromatic carbocycles. The van der Waals surface area contributed by atoms with Gasteiger partial charge in [-0.2, -0.15) is 0 Å². The molecule has 0 atom stereocenters. The van der Waals surface area contributed by atoms with Gasteiger partial charge in [0.2, 0.25) is 15.9 Å². The third kappa shape index (κ3) is 5.02. The maximum atomic E-state index is 12.2. The number of rotatable bonds is 6. The standard InChI is InChI=1S/C15H17BrN4O3S/c1-10-3-2-4-12(7-10)20-14(21)5-6-19-24(22,23)13-8-11(16)9-18-15(13)17/h2-4,7-9,19H,5-6H2,1H3,(H2,17,18)(H,20,21). The number of carbonyl (C=O) groups is 1. The summed E-state index contributed by atoms with van der Waals surface area (Å²) in [5, 5.41) is 2.71. The van der Waals surface area contributed by atoms with Crippen LogP contribution in [0.25, 0.3) is 0 Å². The fraction of sp³-hybridized carbons (Fsp3) is 0.200. The van der Waals surface area contributed by atoms with Crippen molar-refractivity contribution in [3.63, 3.8) is 0 Å². The van der Waals surface area contributed by atoms with E-state index in [2.05, 4.69) is 31.0 Å². The van der Waals surface area contributed by atoms with E-state index in [0.29, 0.717) is 10.2 Å². The summed E-state index contributed by atoms with van der Waals surface area (Å²) in [4.78, 5) is 15.5. The molecule has 0 saturated heterocycles. The fourth-order valence-electron chi connectivity index (χ4n) is 1.97. The summed E-state index contributed by atoms with van der Waals surface area (Å²) in [7, 11) is -3.84. The molecule has 1 heterocycles. The Bertz CT molecular complexity index is 856. The molecule has 0 fully saturated rings. The second-order valence-electron chi connectivity index (χ2n) is 5.10. The second-order valence-corrected chi connectivity index (χ2v) is 7.75. The van der Waals surface area contributed by atoms with Crippen LogP contribution in [0, 0.1) is 6.92 Å². The van der Waals surface area contributed by atoms with Gasteiger partial charge in [0.15, 0.2) is 0 Å². The maximum absolute atomic E-state index is 12.2. The lowest BCUT2D eigenvalue weighted by Crippen LogP contribution is -2.28. The lowest BCUT2D eigenvalue weighted by Gasteiger charge is -2.09. The van der Waals surface area contributed by atoms with Gasteiger partial charge in [-0.05, 0) is 46.6 Å². The van der Waals surface area contributed by atoms with Gasteiger partial charge in [-0.15, -0.1) is 0 Å². The number of nitrogens with one attached hydrogen (secondary N) is 2. The van der Waals surface area contributed by atoms with Crippen molar-refractivity contribution in [1.29, 1.82) is 0 Å². The number of halogens is 1. The van der Waals surface area contributed by atoms with E-state index in [1.807, 2.05) is 25.1 Å². The van der Waals surface area contributed by atoms with Crippen molar-refractivity contribution in [2.24, 2.45) is 0 Å². The van der Waals surface area contributed by atoms with Crippen molar-refractivity contribution in [2.75, 3.05) is 17.6 Å². The third-order valence-electron chi connectivity index (χ3n) is 3.08. The molecule has 0 aliphatic rings. The molecule has 1 amide bonds. The average molecular weight is 413 g/mol. The molecular weight excluding hydrogens is 396 g/mol. The van der Waals surface area contributed by atoms with Crippen LogP contribution in [0.3, 0.4) is 0 Å². The zero-order chi connectivity index (χ0) is 17.7. The number of aromatic nitrogens is 1. The molecule has 7 nitrogen and oxygen atoms in total. The summed E-state index contributed by atoms with van der Waals surface area (Å²) in [6, 6.07) is 8.70. The van der Waals surface area contributed by atoms with Gasteiger partial charge in [0.05, 0.1) is 0 Å². The molecule has 1 aromatic heterocycles. The Morgan fingerprint density at radius 2 is 2.08 bits per heavy atom. The van der Waals surface area contributed by atoms with Gasteiger partial charge in [-0.25, -0.2) is 18.1 Å². The maximum Gasteiger partial charge on any atom is 0.244 e. The number of aryl methyl sites for hydroxylation is 1. The van der Waals surface area contributed by atoms with Crippen LogP contribution in [0.1, 0.15) is 12.0 Å². The topological polar surface area (TPSA) is 114 Å². The first-order valence-electron chi connectivity index (χ1n) is 7.05. The normalized spacial score (nSPS) is 11.2. The van der Waals surface area contributed by atoms with E-state index in [1.54, 1.807) is 6.07 Å². The number of nitrogen functional groups attached to an aromatic ring is 1. The van der Waals surface area contributed by atoms with Crippen LogP contribution >= 0.6 is 15.9 Å². The summed E-state index contributed by atoms with van der Waals surface area (Å²) in [5.74, 6) is -0.390. The van der Waals surface area contributed by atoms with Crippen LogP contribution in [0.5, 0.6) is 0 Å². The van der Waals surface area contributed by atoms with Gasteiger partial charge in [0.1, 0.15) is 10.7 Å². The highest BCUT2D eigenvalue weighted by Gasteiger charge is 2.19. The molecule has 0 unspecified atom stereocenters. The minimum atomic E-state index is -3.84. The predicted octanol–water partition coefficient (Wildman–Crippen LogP) is 2.04. The predicted molar refractivity (Wildman–Crippen MR) is 96.0 cm³/mol. The summed E-state index contributed by atoms with van der Waals surface area (Å²) >= 11 is 3.15. The number of carbonyl (C=O) groups excluding carboxylic acids is 1. The Labute approximate surface area is 148 Å². The van der Waals surface area contributed by atoms with E-state index >= 15 is 0 Å². The van der Waals surface area contributed by atoms with E-state index in [4.69, 9.17) is 5.73 Å². The summed E-state index contributed by atoms with van der Waals surface area (Å²) < 4.78 is 27.2. The quantitative estimate of drug-likeness (QED) is 0.671. The molecule has 2 aromatic rings. The molecular formula is C15H17BrN4O3S. The van der Waals surface area contributed by atoms with E-state index in [0.717, 1.165) is 5.56 Å². The van der Waals surface area contributed by atoms with E-state index < -0.39 is 10.0 Å². The smallest absolute Gasteiger partial charge is 0.244 e. The molecule has 2 rings (SSSR count). The summed E-state index contributed by atoms with van der Waals surface area (Å²) in [6.07, 6.45) is 1.40. The minimum absolute atomic E-state index is 0.00545. The van der Waals surface area contributed by atoms with Gasteiger partial charge < -0.3 is 11.1 Å². The lowest BCUT2D eigenvalue weighted by molar-refractivity contribution is -0.116. The first-order chi connectivity index (χ1) is 11.3. The largest absolute Gasteiger partial charge is 0.383 e. The zero-order valence-electron chi connectivity index (χ0n) is 12.9. The van der Waals surface area contributed by atoms with Crippen molar-refractivity contribution in [3.05, 3.63) is 46.6 Å². The van der Waals surface area contributed by atoms with Crippen molar-refractivity contribution >= 4 is 43.4 Å². The van der Waals surface area contributed by atoms with Gasteiger partial charge in [0.25, 0.3) is 0 Å².